The Hall–Kier alpha value is -2.89. The van der Waals surface area contributed by atoms with Crippen molar-refractivity contribution in [3.8, 4) is 11.3 Å². The molecule has 0 saturated heterocycles. The molecular weight excluding hydrogens is 244 g/mol. The summed E-state index contributed by atoms with van der Waals surface area (Å²) >= 11 is 0. The Morgan fingerprint density at radius 3 is 2.68 bits per heavy atom. The lowest BCUT2D eigenvalue weighted by molar-refractivity contribution is 0.248. The lowest BCUT2D eigenvalue weighted by atomic mass is 10.1. The smallest absolute Gasteiger partial charge is 0.340 e. The number of carbonyl (C=O) groups excluding carboxylic acids is 1. The first-order valence-electron chi connectivity index (χ1n) is 5.63. The van der Waals surface area contributed by atoms with Crippen molar-refractivity contribution in [3.63, 3.8) is 0 Å². The molecule has 0 aliphatic heterocycles. The highest BCUT2D eigenvalue weighted by Gasteiger charge is 2.14. The lowest BCUT2D eigenvalue weighted by Gasteiger charge is -1.95. The minimum absolute atomic E-state index is 0.192. The highest BCUT2D eigenvalue weighted by molar-refractivity contribution is 5.98. The van der Waals surface area contributed by atoms with Crippen LogP contribution < -0.4 is 11.3 Å². The number of nitrogens with one attached hydrogen (secondary N) is 1. The van der Waals surface area contributed by atoms with Gasteiger partial charge in [0.05, 0.1) is 5.52 Å². The molecule has 0 radical (unpaired) electrons. The number of hydrogen-bond donors (Lipinski definition) is 2. The van der Waals surface area contributed by atoms with Crippen molar-refractivity contribution in [2.75, 3.05) is 0 Å². The maximum Gasteiger partial charge on any atom is 0.340 e. The van der Waals surface area contributed by atoms with Gasteiger partial charge in [0.25, 0.3) is 0 Å². The molecule has 2 aromatic heterocycles. The highest BCUT2D eigenvalue weighted by atomic mass is 16.2. The predicted octanol–water partition coefficient (Wildman–Crippen LogP) is 1.32. The molecule has 94 valence electrons. The fourth-order valence-electron chi connectivity index (χ4n) is 2.01. The van der Waals surface area contributed by atoms with E-state index in [0.717, 1.165) is 15.6 Å². The van der Waals surface area contributed by atoms with Crippen molar-refractivity contribution in [2.45, 2.75) is 0 Å². The molecule has 0 atom stereocenters. The van der Waals surface area contributed by atoms with E-state index in [1.165, 1.54) is 6.07 Å². The number of amides is 1. The van der Waals surface area contributed by atoms with Gasteiger partial charge < -0.3 is 10.7 Å². The number of fused-ring (bicyclic) bond motifs is 1. The number of para-hydroxylation sites is 1. The van der Waals surface area contributed by atoms with Crippen molar-refractivity contribution in [1.82, 2.24) is 14.8 Å². The summed E-state index contributed by atoms with van der Waals surface area (Å²) in [6, 6.07) is 9.69. The number of H-pyrrole nitrogens is 1. The number of aromatic nitrogens is 3. The number of benzene rings is 1. The summed E-state index contributed by atoms with van der Waals surface area (Å²) in [6.07, 6.45) is 1.56. The van der Waals surface area contributed by atoms with Crippen LogP contribution in [0.1, 0.15) is 0 Å². The fourth-order valence-corrected chi connectivity index (χ4v) is 2.01. The topological polar surface area (TPSA) is 93.8 Å². The van der Waals surface area contributed by atoms with Crippen LogP contribution in [0.3, 0.4) is 0 Å². The van der Waals surface area contributed by atoms with Gasteiger partial charge in [0.1, 0.15) is 5.69 Å². The third-order valence-electron chi connectivity index (χ3n) is 2.85. The van der Waals surface area contributed by atoms with Crippen LogP contribution in [0, 0.1) is 0 Å². The van der Waals surface area contributed by atoms with Crippen LogP contribution >= 0.6 is 0 Å². The van der Waals surface area contributed by atoms with Crippen LogP contribution in [-0.4, -0.2) is 20.8 Å². The number of hydrogen-bond acceptors (Lipinski definition) is 3. The minimum Gasteiger partial charge on any atom is -0.350 e. The molecule has 3 N–H and O–H groups in total. The molecule has 0 fully saturated rings. The van der Waals surface area contributed by atoms with Crippen molar-refractivity contribution in [1.29, 1.82) is 0 Å². The first kappa shape index (κ1) is 11.2. The van der Waals surface area contributed by atoms with Gasteiger partial charge in [0, 0.05) is 23.2 Å². The van der Waals surface area contributed by atoms with Crippen LogP contribution in [0.15, 0.2) is 47.4 Å². The number of nitrogens with zero attached hydrogens (tertiary/aromatic N) is 2. The maximum absolute atomic E-state index is 11.4. The number of pyridine rings is 1. The normalized spacial score (nSPS) is 10.7. The summed E-state index contributed by atoms with van der Waals surface area (Å²) in [7, 11) is 0. The van der Waals surface area contributed by atoms with Crippen molar-refractivity contribution in [3.05, 3.63) is 52.9 Å². The number of rotatable bonds is 1. The van der Waals surface area contributed by atoms with Crippen LogP contribution in [0.2, 0.25) is 0 Å². The second-order valence-corrected chi connectivity index (χ2v) is 4.06. The molecule has 1 amide bonds. The molecule has 3 rings (SSSR count). The zero-order valence-corrected chi connectivity index (χ0v) is 9.83. The first-order chi connectivity index (χ1) is 9.16. The van der Waals surface area contributed by atoms with Gasteiger partial charge >= 0.3 is 6.03 Å². The average Bonchev–Trinajstić information content (AvgIpc) is 2.79. The van der Waals surface area contributed by atoms with E-state index in [1.54, 1.807) is 24.4 Å². The molecule has 6 heteroatoms. The Kier molecular flexibility index (Phi) is 2.42. The van der Waals surface area contributed by atoms with Gasteiger partial charge in [-0.05, 0) is 12.1 Å². The third-order valence-corrected chi connectivity index (χ3v) is 2.85. The predicted molar refractivity (Wildman–Crippen MR) is 70.8 cm³/mol. The lowest BCUT2D eigenvalue weighted by Crippen LogP contribution is -2.20. The third kappa shape index (κ3) is 1.79. The average molecular weight is 254 g/mol. The SMILES string of the molecule is NC(=O)n1nc(-c2ccc(=O)[nH]c2)c2ccccc21. The van der Waals surface area contributed by atoms with E-state index in [9.17, 15) is 9.59 Å². The highest BCUT2D eigenvalue weighted by Crippen LogP contribution is 2.26. The summed E-state index contributed by atoms with van der Waals surface area (Å²) in [5, 5.41) is 5.01. The van der Waals surface area contributed by atoms with Gasteiger partial charge in [0.15, 0.2) is 0 Å². The number of primary amides is 1. The first-order valence-corrected chi connectivity index (χ1v) is 5.63. The monoisotopic (exact) mass is 254 g/mol. The van der Waals surface area contributed by atoms with E-state index >= 15 is 0 Å². The largest absolute Gasteiger partial charge is 0.350 e. The molecule has 0 saturated carbocycles. The second-order valence-electron chi connectivity index (χ2n) is 4.06. The second kappa shape index (κ2) is 4.09. The van der Waals surface area contributed by atoms with E-state index < -0.39 is 6.03 Å². The summed E-state index contributed by atoms with van der Waals surface area (Å²) in [5.74, 6) is 0. The van der Waals surface area contributed by atoms with Crippen molar-refractivity contribution < 1.29 is 4.79 Å². The maximum atomic E-state index is 11.4. The quantitative estimate of drug-likeness (QED) is 0.685. The van der Waals surface area contributed by atoms with E-state index in [0.29, 0.717) is 11.2 Å². The van der Waals surface area contributed by atoms with Gasteiger partial charge in [-0.2, -0.15) is 9.78 Å². The molecular formula is C13H10N4O2. The van der Waals surface area contributed by atoms with Crippen molar-refractivity contribution in [2.24, 2.45) is 5.73 Å². The van der Waals surface area contributed by atoms with E-state index in [1.807, 2.05) is 12.1 Å². The minimum atomic E-state index is -0.646. The molecule has 6 nitrogen and oxygen atoms in total. The van der Waals surface area contributed by atoms with Gasteiger partial charge in [-0.3, -0.25) is 4.79 Å². The Morgan fingerprint density at radius 2 is 2.00 bits per heavy atom. The van der Waals surface area contributed by atoms with Crippen LogP contribution in [0.4, 0.5) is 4.79 Å². The van der Waals surface area contributed by atoms with Gasteiger partial charge in [-0.25, -0.2) is 4.79 Å². The van der Waals surface area contributed by atoms with E-state index in [2.05, 4.69) is 10.1 Å². The van der Waals surface area contributed by atoms with Crippen LogP contribution in [-0.2, 0) is 0 Å². The number of carbonyl (C=O) groups is 1. The zero-order valence-electron chi connectivity index (χ0n) is 9.83. The number of nitrogens with two attached hydrogens (primary N) is 1. The fraction of sp³-hybridized carbons (Fsp3) is 0. The molecule has 0 spiro atoms. The summed E-state index contributed by atoms with van der Waals surface area (Å²) < 4.78 is 1.15. The molecule has 0 aliphatic rings. The standard InChI is InChI=1S/C13H10N4O2/c14-13(19)17-10-4-2-1-3-9(10)12(16-17)8-5-6-11(18)15-7-8/h1-7H,(H2,14,19)(H,15,18). The van der Waals surface area contributed by atoms with Crippen LogP contribution in [0.25, 0.3) is 22.2 Å². The summed E-state index contributed by atoms with van der Waals surface area (Å²) in [5.41, 5.74) is 7.06. The van der Waals surface area contributed by atoms with Gasteiger partial charge in [0.2, 0.25) is 5.56 Å². The van der Waals surface area contributed by atoms with Crippen LogP contribution in [0.5, 0.6) is 0 Å². The van der Waals surface area contributed by atoms with E-state index in [-0.39, 0.29) is 5.56 Å². The molecule has 0 aliphatic carbocycles. The van der Waals surface area contributed by atoms with E-state index in [4.69, 9.17) is 5.73 Å². The Morgan fingerprint density at radius 1 is 1.21 bits per heavy atom. The Bertz CT molecular complexity index is 812. The molecule has 1 aromatic carbocycles. The van der Waals surface area contributed by atoms with Gasteiger partial charge in [-0.15, -0.1) is 0 Å². The van der Waals surface area contributed by atoms with Gasteiger partial charge in [-0.1, -0.05) is 18.2 Å². The number of aromatic amines is 1. The summed E-state index contributed by atoms with van der Waals surface area (Å²) in [4.78, 5) is 25.0. The molecule has 0 bridgehead atoms. The Balaban J connectivity index is 2.32. The van der Waals surface area contributed by atoms with Crippen molar-refractivity contribution >= 4 is 16.9 Å². The molecule has 2 heterocycles. The molecule has 19 heavy (non-hydrogen) atoms. The molecule has 0 unspecified atom stereocenters. The Labute approximate surface area is 107 Å². The summed E-state index contributed by atoms with van der Waals surface area (Å²) in [6.45, 7) is 0. The zero-order chi connectivity index (χ0) is 13.4. The molecule has 3 aromatic rings.